The molecule has 0 atom stereocenters. The lowest BCUT2D eigenvalue weighted by Gasteiger charge is -2.03. The summed E-state index contributed by atoms with van der Waals surface area (Å²) < 4.78 is 4.37. The molecule has 20 heavy (non-hydrogen) atoms. The van der Waals surface area contributed by atoms with E-state index in [1.807, 2.05) is 0 Å². The molecular formula is C18H35O2. The molecule has 0 aromatic heterocycles. The normalized spacial score (nSPS) is 10.7. The highest BCUT2D eigenvalue weighted by Gasteiger charge is 1.99. The van der Waals surface area contributed by atoms with E-state index in [2.05, 4.69) is 18.8 Å². The van der Waals surface area contributed by atoms with Crippen LogP contribution in [0.25, 0.3) is 0 Å². The molecule has 0 fully saturated rings. The Bertz CT molecular complexity index is 202. The topological polar surface area (TPSA) is 26.3 Å². The molecule has 0 aliphatic heterocycles. The molecule has 0 heterocycles. The number of carbonyl (C=O) groups is 1. The number of unbranched alkanes of at least 4 members (excludes halogenated alkanes) is 13. The van der Waals surface area contributed by atoms with Gasteiger partial charge in [0.05, 0.1) is 0 Å². The van der Waals surface area contributed by atoms with Gasteiger partial charge in [0.1, 0.15) is 7.11 Å². The summed E-state index contributed by atoms with van der Waals surface area (Å²) in [7, 11) is 3.12. The van der Waals surface area contributed by atoms with Crippen LogP contribution in [0.2, 0.25) is 0 Å². The van der Waals surface area contributed by atoms with Crippen LogP contribution in [0.15, 0.2) is 0 Å². The van der Waals surface area contributed by atoms with Crippen molar-refractivity contribution in [1.82, 2.24) is 0 Å². The van der Waals surface area contributed by atoms with Gasteiger partial charge in [-0.3, -0.25) is 4.79 Å². The molecule has 0 saturated carbocycles. The Kier molecular flexibility index (Phi) is 16.1. The third kappa shape index (κ3) is 15.5. The van der Waals surface area contributed by atoms with Crippen molar-refractivity contribution in [3.05, 3.63) is 7.11 Å². The summed E-state index contributed by atoms with van der Waals surface area (Å²) in [6.07, 6.45) is 19.2. The van der Waals surface area contributed by atoms with E-state index in [1.54, 1.807) is 0 Å². The van der Waals surface area contributed by atoms with Gasteiger partial charge in [0, 0.05) is 6.42 Å². The lowest BCUT2D eigenvalue weighted by atomic mass is 10.0. The Balaban J connectivity index is 2.97. The minimum atomic E-state index is -0.177. The molecule has 0 amide bonds. The lowest BCUT2D eigenvalue weighted by molar-refractivity contribution is -0.138. The first kappa shape index (κ1) is 19.5. The van der Waals surface area contributed by atoms with Gasteiger partial charge in [-0.05, 0) is 6.42 Å². The van der Waals surface area contributed by atoms with E-state index in [1.165, 1.54) is 77.0 Å². The molecular weight excluding hydrogens is 248 g/mol. The van der Waals surface area contributed by atoms with E-state index < -0.39 is 0 Å². The summed E-state index contributed by atoms with van der Waals surface area (Å²) in [4.78, 5) is 10.8. The fourth-order valence-corrected chi connectivity index (χ4v) is 2.54. The maximum Gasteiger partial charge on any atom is 0.305 e. The fourth-order valence-electron chi connectivity index (χ4n) is 2.54. The second-order valence-electron chi connectivity index (χ2n) is 5.86. The van der Waals surface area contributed by atoms with Crippen molar-refractivity contribution < 1.29 is 9.53 Å². The number of esters is 1. The number of rotatable bonds is 15. The number of ether oxygens (including phenoxy) is 1. The molecule has 0 aliphatic rings. The molecule has 0 unspecified atom stereocenters. The van der Waals surface area contributed by atoms with E-state index in [4.69, 9.17) is 0 Å². The average Bonchev–Trinajstić information content (AvgIpc) is 2.47. The Morgan fingerprint density at radius 1 is 0.700 bits per heavy atom. The highest BCUT2D eigenvalue weighted by atomic mass is 16.5. The van der Waals surface area contributed by atoms with Crippen LogP contribution in [-0.2, 0) is 9.53 Å². The first-order valence-corrected chi connectivity index (χ1v) is 8.76. The second kappa shape index (κ2) is 16.5. The molecule has 0 aromatic rings. The molecule has 1 radical (unpaired) electrons. The zero-order valence-corrected chi connectivity index (χ0v) is 13.6. The highest BCUT2D eigenvalue weighted by molar-refractivity contribution is 5.69. The van der Waals surface area contributed by atoms with Crippen molar-refractivity contribution in [2.45, 2.75) is 103 Å². The van der Waals surface area contributed by atoms with Gasteiger partial charge in [-0.15, -0.1) is 0 Å². The monoisotopic (exact) mass is 283 g/mol. The van der Waals surface area contributed by atoms with Crippen molar-refractivity contribution in [2.24, 2.45) is 0 Å². The fraction of sp³-hybridized carbons (Fsp3) is 0.889. The van der Waals surface area contributed by atoms with Crippen LogP contribution in [0.4, 0.5) is 0 Å². The maximum atomic E-state index is 10.8. The van der Waals surface area contributed by atoms with Crippen LogP contribution >= 0.6 is 0 Å². The Hall–Kier alpha value is -0.530. The summed E-state index contributed by atoms with van der Waals surface area (Å²) in [5, 5.41) is 0. The van der Waals surface area contributed by atoms with Crippen molar-refractivity contribution in [3.8, 4) is 0 Å². The summed E-state index contributed by atoms with van der Waals surface area (Å²) in [5.41, 5.74) is 0. The van der Waals surface area contributed by atoms with E-state index in [0.717, 1.165) is 12.8 Å². The van der Waals surface area contributed by atoms with Crippen LogP contribution < -0.4 is 0 Å². The third-order valence-corrected chi connectivity index (χ3v) is 3.90. The first-order valence-electron chi connectivity index (χ1n) is 8.76. The lowest BCUT2D eigenvalue weighted by Crippen LogP contribution is -1.97. The Morgan fingerprint density at radius 3 is 1.40 bits per heavy atom. The minimum absolute atomic E-state index is 0.177. The van der Waals surface area contributed by atoms with Crippen molar-refractivity contribution in [3.63, 3.8) is 0 Å². The van der Waals surface area contributed by atoms with Crippen LogP contribution in [0, 0.1) is 7.11 Å². The zero-order chi connectivity index (χ0) is 14.9. The molecule has 119 valence electrons. The van der Waals surface area contributed by atoms with Gasteiger partial charge in [-0.1, -0.05) is 90.4 Å². The molecule has 0 spiro atoms. The smallest absolute Gasteiger partial charge is 0.305 e. The molecule has 2 heteroatoms. The highest BCUT2D eigenvalue weighted by Crippen LogP contribution is 2.13. The summed E-state index contributed by atoms with van der Waals surface area (Å²) in [6, 6.07) is 0. The summed E-state index contributed by atoms with van der Waals surface area (Å²) >= 11 is 0. The summed E-state index contributed by atoms with van der Waals surface area (Å²) in [6.45, 7) is 2.27. The van der Waals surface area contributed by atoms with Crippen LogP contribution in [-0.4, -0.2) is 5.97 Å². The largest absolute Gasteiger partial charge is 0.462 e. The second-order valence-corrected chi connectivity index (χ2v) is 5.86. The summed E-state index contributed by atoms with van der Waals surface area (Å²) in [5.74, 6) is -0.177. The molecule has 0 bridgehead atoms. The molecule has 0 rings (SSSR count). The van der Waals surface area contributed by atoms with Crippen LogP contribution in [0.3, 0.4) is 0 Å². The van der Waals surface area contributed by atoms with Crippen molar-refractivity contribution in [1.29, 1.82) is 0 Å². The number of carbonyl (C=O) groups excluding carboxylic acids is 1. The van der Waals surface area contributed by atoms with E-state index in [-0.39, 0.29) is 5.97 Å². The zero-order valence-electron chi connectivity index (χ0n) is 13.6. The Morgan fingerprint density at radius 2 is 1.05 bits per heavy atom. The molecule has 0 aromatic carbocycles. The number of hydrogen-bond acceptors (Lipinski definition) is 2. The maximum absolute atomic E-state index is 10.8. The van der Waals surface area contributed by atoms with E-state index in [9.17, 15) is 4.79 Å². The molecule has 0 N–H and O–H groups in total. The first-order chi connectivity index (χ1) is 9.81. The molecule has 0 saturated heterocycles. The minimum Gasteiger partial charge on any atom is -0.462 e. The predicted octanol–water partition coefficient (Wildman–Crippen LogP) is 6.19. The van der Waals surface area contributed by atoms with E-state index >= 15 is 0 Å². The molecule has 0 aliphatic carbocycles. The standard InChI is InChI=1S/C18H35O2/c1-3-4-5-6-7-8-9-10-11-12-13-14-15-16-17-18(19)20-2/h2-17H2,1H3. The number of hydrogen-bond donors (Lipinski definition) is 0. The van der Waals surface area contributed by atoms with Gasteiger partial charge in [0.2, 0.25) is 0 Å². The van der Waals surface area contributed by atoms with Gasteiger partial charge < -0.3 is 4.74 Å². The van der Waals surface area contributed by atoms with Crippen molar-refractivity contribution in [2.75, 3.05) is 0 Å². The van der Waals surface area contributed by atoms with Gasteiger partial charge >= 0.3 is 5.97 Å². The van der Waals surface area contributed by atoms with Gasteiger partial charge in [0.15, 0.2) is 0 Å². The molecule has 2 nitrogen and oxygen atoms in total. The average molecular weight is 283 g/mol. The quantitative estimate of drug-likeness (QED) is 0.264. The van der Waals surface area contributed by atoms with Crippen LogP contribution in [0.5, 0.6) is 0 Å². The third-order valence-electron chi connectivity index (χ3n) is 3.90. The van der Waals surface area contributed by atoms with Crippen molar-refractivity contribution >= 4 is 5.97 Å². The van der Waals surface area contributed by atoms with Gasteiger partial charge in [-0.25, -0.2) is 0 Å². The van der Waals surface area contributed by atoms with Gasteiger partial charge in [0.25, 0.3) is 0 Å². The Labute approximate surface area is 126 Å². The van der Waals surface area contributed by atoms with E-state index in [0.29, 0.717) is 6.42 Å². The SMILES string of the molecule is [CH2]OC(=O)CCCCCCCCCCCCCCCC. The van der Waals surface area contributed by atoms with Crippen LogP contribution in [0.1, 0.15) is 103 Å². The van der Waals surface area contributed by atoms with Gasteiger partial charge in [-0.2, -0.15) is 0 Å². The predicted molar refractivity (Wildman–Crippen MR) is 86.4 cm³/mol.